The van der Waals surface area contributed by atoms with Gasteiger partial charge in [-0.15, -0.1) is 0 Å². The number of H-pyrrole nitrogens is 1. The molecule has 1 aromatic heterocycles. The number of nitrogens with zero attached hydrogens (tertiary/aromatic N) is 1. The van der Waals surface area contributed by atoms with Gasteiger partial charge in [-0.3, -0.25) is 0 Å². The summed E-state index contributed by atoms with van der Waals surface area (Å²) in [4.78, 5) is 5.15. The third-order valence-electron chi connectivity index (χ3n) is 3.50. The number of ether oxygens (including phenoxy) is 1. The van der Waals surface area contributed by atoms with Gasteiger partial charge in [0, 0.05) is 13.1 Å². The van der Waals surface area contributed by atoms with Gasteiger partial charge in [0.25, 0.3) is 0 Å². The standard InChI is InChI=1S/C14H16N2O3S3/c1-10-2-4-11(5-3-10)22(17,18)12-13(21-14(20)15-12)16-6-8-19-9-7-16/h2-5H,6-9H2,1H3,(H,15,20). The molecular formula is C14H16N2O3S3. The number of aromatic nitrogens is 1. The molecule has 1 aromatic carbocycles. The lowest BCUT2D eigenvalue weighted by atomic mass is 10.2. The van der Waals surface area contributed by atoms with Crippen molar-refractivity contribution < 1.29 is 13.2 Å². The molecule has 1 N–H and O–H groups in total. The summed E-state index contributed by atoms with van der Waals surface area (Å²) >= 11 is 6.47. The average molecular weight is 356 g/mol. The Morgan fingerprint density at radius 3 is 2.50 bits per heavy atom. The number of aromatic amines is 1. The molecule has 2 aromatic rings. The lowest BCUT2D eigenvalue weighted by Gasteiger charge is -2.27. The van der Waals surface area contributed by atoms with Crippen molar-refractivity contribution in [2.75, 3.05) is 31.2 Å². The predicted molar refractivity (Wildman–Crippen MR) is 89.2 cm³/mol. The van der Waals surface area contributed by atoms with Crippen LogP contribution in [0.15, 0.2) is 34.2 Å². The fraction of sp³-hybridized carbons (Fsp3) is 0.357. The highest BCUT2D eigenvalue weighted by molar-refractivity contribution is 7.91. The molecule has 0 radical (unpaired) electrons. The Balaban J connectivity index is 2.07. The molecule has 22 heavy (non-hydrogen) atoms. The highest BCUT2D eigenvalue weighted by atomic mass is 32.2. The van der Waals surface area contributed by atoms with E-state index in [9.17, 15) is 8.42 Å². The van der Waals surface area contributed by atoms with E-state index in [1.807, 2.05) is 11.8 Å². The van der Waals surface area contributed by atoms with Gasteiger partial charge in [0.05, 0.1) is 18.1 Å². The van der Waals surface area contributed by atoms with Crippen molar-refractivity contribution in [1.82, 2.24) is 4.98 Å². The van der Waals surface area contributed by atoms with Crippen molar-refractivity contribution in [3.63, 3.8) is 0 Å². The molecule has 0 unspecified atom stereocenters. The normalized spacial score (nSPS) is 16.0. The summed E-state index contributed by atoms with van der Waals surface area (Å²) in [6.07, 6.45) is 0. The zero-order valence-corrected chi connectivity index (χ0v) is 14.5. The molecule has 8 heteroatoms. The van der Waals surface area contributed by atoms with E-state index in [0.29, 0.717) is 35.3 Å². The molecule has 1 saturated heterocycles. The number of thiazole rings is 1. The minimum absolute atomic E-state index is 0.188. The molecular weight excluding hydrogens is 340 g/mol. The van der Waals surface area contributed by atoms with E-state index >= 15 is 0 Å². The highest BCUT2D eigenvalue weighted by Gasteiger charge is 2.27. The first kappa shape index (κ1) is 15.7. The van der Waals surface area contributed by atoms with Crippen molar-refractivity contribution in [2.24, 2.45) is 0 Å². The Labute approximate surface area is 138 Å². The Hall–Kier alpha value is -1.22. The molecule has 0 aliphatic carbocycles. The second kappa shape index (κ2) is 6.11. The van der Waals surface area contributed by atoms with E-state index in [2.05, 4.69) is 4.98 Å². The first-order valence-corrected chi connectivity index (χ1v) is 9.57. The van der Waals surface area contributed by atoms with E-state index in [4.69, 9.17) is 17.0 Å². The average Bonchev–Trinajstić information content (AvgIpc) is 2.91. The summed E-state index contributed by atoms with van der Waals surface area (Å²) in [5.74, 6) is 0. The Morgan fingerprint density at radius 1 is 1.23 bits per heavy atom. The van der Waals surface area contributed by atoms with Crippen molar-refractivity contribution >= 4 is 38.4 Å². The topological polar surface area (TPSA) is 62.4 Å². The van der Waals surface area contributed by atoms with Crippen molar-refractivity contribution in [3.8, 4) is 0 Å². The Bertz CT molecular complexity index is 816. The second-order valence-electron chi connectivity index (χ2n) is 5.06. The number of hydrogen-bond donors (Lipinski definition) is 1. The van der Waals surface area contributed by atoms with Crippen LogP contribution in [0.3, 0.4) is 0 Å². The molecule has 1 fully saturated rings. The van der Waals surface area contributed by atoms with E-state index in [-0.39, 0.29) is 9.92 Å². The molecule has 0 atom stereocenters. The molecule has 3 rings (SSSR count). The Kier molecular flexibility index (Phi) is 4.35. The molecule has 0 spiro atoms. The Morgan fingerprint density at radius 2 is 1.86 bits per heavy atom. The monoisotopic (exact) mass is 356 g/mol. The summed E-state index contributed by atoms with van der Waals surface area (Å²) in [5, 5.41) is 0.863. The fourth-order valence-electron chi connectivity index (χ4n) is 2.30. The third kappa shape index (κ3) is 2.96. The van der Waals surface area contributed by atoms with Crippen LogP contribution in [-0.4, -0.2) is 39.7 Å². The zero-order valence-electron chi connectivity index (χ0n) is 12.0. The smallest absolute Gasteiger partial charge is 0.224 e. The third-order valence-corrected chi connectivity index (χ3v) is 6.65. The van der Waals surface area contributed by atoms with Crippen LogP contribution in [0.25, 0.3) is 0 Å². The predicted octanol–water partition coefficient (Wildman–Crippen LogP) is 2.78. The van der Waals surface area contributed by atoms with Crippen LogP contribution < -0.4 is 4.90 Å². The van der Waals surface area contributed by atoms with Crippen LogP contribution in [-0.2, 0) is 14.6 Å². The van der Waals surface area contributed by atoms with Gasteiger partial charge in [-0.05, 0) is 31.3 Å². The van der Waals surface area contributed by atoms with Crippen molar-refractivity contribution in [3.05, 3.63) is 33.8 Å². The minimum Gasteiger partial charge on any atom is -0.378 e. The summed E-state index contributed by atoms with van der Waals surface area (Å²) in [6, 6.07) is 6.84. The maximum absolute atomic E-state index is 12.9. The lowest BCUT2D eigenvalue weighted by molar-refractivity contribution is 0.123. The number of morpholine rings is 1. The maximum atomic E-state index is 12.9. The lowest BCUT2D eigenvalue weighted by Crippen LogP contribution is -2.36. The van der Waals surface area contributed by atoms with Gasteiger partial charge in [-0.1, -0.05) is 29.0 Å². The van der Waals surface area contributed by atoms with Gasteiger partial charge in [0.2, 0.25) is 9.84 Å². The van der Waals surface area contributed by atoms with Gasteiger partial charge < -0.3 is 14.6 Å². The van der Waals surface area contributed by atoms with Crippen LogP contribution in [0.2, 0.25) is 0 Å². The van der Waals surface area contributed by atoms with E-state index in [1.54, 1.807) is 24.3 Å². The molecule has 1 aliphatic rings. The molecule has 5 nitrogen and oxygen atoms in total. The van der Waals surface area contributed by atoms with E-state index in [1.165, 1.54) is 11.3 Å². The minimum atomic E-state index is -3.61. The number of rotatable bonds is 3. The van der Waals surface area contributed by atoms with Crippen LogP contribution in [0.4, 0.5) is 5.00 Å². The second-order valence-corrected chi connectivity index (χ2v) is 8.62. The van der Waals surface area contributed by atoms with Gasteiger partial charge >= 0.3 is 0 Å². The van der Waals surface area contributed by atoms with Gasteiger partial charge in [0.1, 0.15) is 5.00 Å². The largest absolute Gasteiger partial charge is 0.378 e. The molecule has 0 amide bonds. The van der Waals surface area contributed by atoms with Crippen LogP contribution in [0.1, 0.15) is 5.56 Å². The quantitative estimate of drug-likeness (QED) is 0.857. The van der Waals surface area contributed by atoms with Crippen LogP contribution >= 0.6 is 23.6 Å². The number of nitrogens with one attached hydrogen (secondary N) is 1. The van der Waals surface area contributed by atoms with Gasteiger partial charge in [-0.25, -0.2) is 8.42 Å². The summed E-state index contributed by atoms with van der Waals surface area (Å²) < 4.78 is 31.6. The summed E-state index contributed by atoms with van der Waals surface area (Å²) in [6.45, 7) is 4.44. The molecule has 1 aliphatic heterocycles. The number of sulfone groups is 1. The van der Waals surface area contributed by atoms with Crippen LogP contribution in [0, 0.1) is 10.9 Å². The first-order chi connectivity index (χ1) is 10.5. The maximum Gasteiger partial charge on any atom is 0.224 e. The fourth-order valence-corrected chi connectivity index (χ4v) is 5.33. The van der Waals surface area contributed by atoms with E-state index in [0.717, 1.165) is 5.56 Å². The van der Waals surface area contributed by atoms with Crippen molar-refractivity contribution in [2.45, 2.75) is 16.8 Å². The molecule has 118 valence electrons. The highest BCUT2D eigenvalue weighted by Crippen LogP contribution is 2.34. The number of benzene rings is 1. The SMILES string of the molecule is Cc1ccc(S(=O)(=O)c2[nH]c(=S)sc2N2CCOCC2)cc1. The van der Waals surface area contributed by atoms with E-state index < -0.39 is 9.84 Å². The van der Waals surface area contributed by atoms with Gasteiger partial charge in [0.15, 0.2) is 8.98 Å². The van der Waals surface area contributed by atoms with Crippen molar-refractivity contribution in [1.29, 1.82) is 0 Å². The first-order valence-electron chi connectivity index (χ1n) is 6.86. The van der Waals surface area contributed by atoms with Crippen LogP contribution in [0.5, 0.6) is 0 Å². The van der Waals surface area contributed by atoms with Gasteiger partial charge in [-0.2, -0.15) is 0 Å². The zero-order chi connectivity index (χ0) is 15.7. The molecule has 2 heterocycles. The number of hydrogen-bond acceptors (Lipinski definition) is 6. The summed E-state index contributed by atoms with van der Waals surface area (Å²) in [5.41, 5.74) is 1.02. The number of anilines is 1. The summed E-state index contributed by atoms with van der Waals surface area (Å²) in [7, 11) is -3.61. The molecule has 0 bridgehead atoms. The number of aryl methyl sites for hydroxylation is 1. The molecule has 0 saturated carbocycles.